The summed E-state index contributed by atoms with van der Waals surface area (Å²) in [6.07, 6.45) is -2.39. The van der Waals surface area contributed by atoms with Crippen LogP contribution in [0.2, 0.25) is 0 Å². The molecule has 0 N–H and O–H groups in total. The van der Waals surface area contributed by atoms with Crippen molar-refractivity contribution in [3.63, 3.8) is 0 Å². The molecule has 3 fully saturated rings. The van der Waals surface area contributed by atoms with Crippen LogP contribution in [0.5, 0.6) is 0 Å². The first kappa shape index (κ1) is 52.4. The third kappa shape index (κ3) is 10.4. The van der Waals surface area contributed by atoms with Crippen molar-refractivity contribution in [2.45, 2.75) is 212 Å². The molecule has 17 atom stereocenters. The zero-order valence-electron chi connectivity index (χ0n) is 41.3. The van der Waals surface area contributed by atoms with Crippen molar-refractivity contribution in [1.29, 1.82) is 0 Å². The van der Waals surface area contributed by atoms with Crippen molar-refractivity contribution in [3.05, 3.63) is 0 Å². The number of carbonyl (C=O) groups is 1. The molecule has 59 heavy (non-hydrogen) atoms. The van der Waals surface area contributed by atoms with E-state index in [4.69, 9.17) is 47.4 Å². The minimum absolute atomic E-state index is 0.0186. The fourth-order valence-electron chi connectivity index (χ4n) is 10.4. The molecule has 0 aliphatic carbocycles. The third-order valence-electron chi connectivity index (χ3n) is 16.1. The number of hydrogen-bond acceptors (Lipinski definition) is 13. The van der Waals surface area contributed by atoms with Crippen LogP contribution >= 0.6 is 0 Å². The summed E-state index contributed by atoms with van der Waals surface area (Å²) in [5.41, 5.74) is -3.24. The summed E-state index contributed by atoms with van der Waals surface area (Å²) >= 11 is 0. The smallest absolute Gasteiger partial charge is 0.311 e. The molecule has 0 amide bonds. The first-order valence-electron chi connectivity index (χ1n) is 22.1. The lowest BCUT2D eigenvalue weighted by Crippen LogP contribution is -2.63. The molecule has 3 aliphatic heterocycles. The molecule has 0 radical (unpaired) electrons. The van der Waals surface area contributed by atoms with E-state index >= 15 is 0 Å². The molecule has 0 bridgehead atoms. The Hall–Kier alpha value is -0.970. The lowest BCUT2D eigenvalue weighted by atomic mass is 9.68. The minimum atomic E-state index is -0.991. The molecule has 0 spiro atoms. The van der Waals surface area contributed by atoms with E-state index in [1.807, 2.05) is 20.8 Å². The average molecular weight is 845 g/mol. The molecule has 0 aromatic rings. The Morgan fingerprint density at radius 2 is 1.39 bits per heavy atom. The van der Waals surface area contributed by atoms with E-state index in [-0.39, 0.29) is 35.6 Å². The number of hydrogen-bond donors (Lipinski definition) is 0. The molecule has 3 heterocycles. The number of methoxy groups -OCH3 is 5. The fourth-order valence-corrected chi connectivity index (χ4v) is 10.4. The molecule has 348 valence electrons. The fraction of sp³-hybridized carbons (Fsp3) is 0.978. The summed E-state index contributed by atoms with van der Waals surface area (Å²) in [7, 11) is 14.8. The number of carbonyl (C=O) groups excluding carboxylic acids is 1. The maximum atomic E-state index is 14.9. The van der Waals surface area contributed by atoms with Crippen LogP contribution in [0.3, 0.4) is 0 Å². The molecule has 0 aromatic carbocycles. The van der Waals surface area contributed by atoms with Crippen LogP contribution in [0, 0.1) is 23.2 Å². The van der Waals surface area contributed by atoms with Crippen molar-refractivity contribution in [2.75, 3.05) is 56.7 Å². The summed E-state index contributed by atoms with van der Waals surface area (Å²) in [5, 5.41) is 0. The normalized spacial score (nSPS) is 45.7. The maximum absolute atomic E-state index is 14.9. The molecular formula is C46H88N2O11. The molecule has 3 rings (SSSR count). The van der Waals surface area contributed by atoms with Crippen molar-refractivity contribution in [3.8, 4) is 0 Å². The van der Waals surface area contributed by atoms with E-state index in [2.05, 4.69) is 107 Å². The summed E-state index contributed by atoms with van der Waals surface area (Å²) < 4.78 is 66.2. The van der Waals surface area contributed by atoms with Gasteiger partial charge in [-0.1, -0.05) is 34.6 Å². The highest BCUT2D eigenvalue weighted by molar-refractivity contribution is 5.73. The lowest BCUT2D eigenvalue weighted by molar-refractivity contribution is -0.324. The Morgan fingerprint density at radius 1 is 0.780 bits per heavy atom. The van der Waals surface area contributed by atoms with Crippen molar-refractivity contribution >= 4 is 5.97 Å². The van der Waals surface area contributed by atoms with Gasteiger partial charge in [-0.05, 0) is 103 Å². The largest absolute Gasteiger partial charge is 0.459 e. The van der Waals surface area contributed by atoms with Gasteiger partial charge in [0.2, 0.25) is 0 Å². The van der Waals surface area contributed by atoms with Gasteiger partial charge in [-0.15, -0.1) is 0 Å². The first-order chi connectivity index (χ1) is 27.2. The highest BCUT2D eigenvalue weighted by atomic mass is 16.7. The van der Waals surface area contributed by atoms with E-state index in [1.54, 1.807) is 35.5 Å². The van der Waals surface area contributed by atoms with Gasteiger partial charge in [0.05, 0.1) is 47.6 Å². The van der Waals surface area contributed by atoms with Crippen LogP contribution in [0.15, 0.2) is 0 Å². The van der Waals surface area contributed by atoms with Gasteiger partial charge < -0.3 is 52.3 Å². The van der Waals surface area contributed by atoms with Crippen LogP contribution < -0.4 is 0 Å². The second kappa shape index (κ2) is 20.2. The van der Waals surface area contributed by atoms with Gasteiger partial charge in [-0.2, -0.15) is 0 Å². The zero-order valence-corrected chi connectivity index (χ0v) is 41.3. The van der Waals surface area contributed by atoms with Crippen molar-refractivity contribution < 1.29 is 52.2 Å². The number of ether oxygens (including phenoxy) is 10. The van der Waals surface area contributed by atoms with Gasteiger partial charge in [-0.25, -0.2) is 0 Å². The molecule has 0 saturated carbocycles. The summed E-state index contributed by atoms with van der Waals surface area (Å²) in [5.74, 6) is -1.76. The van der Waals surface area contributed by atoms with Crippen molar-refractivity contribution in [1.82, 2.24) is 9.80 Å². The molecule has 16 unspecified atom stereocenters. The van der Waals surface area contributed by atoms with Crippen LogP contribution in [0.1, 0.15) is 123 Å². The second-order valence-electron chi connectivity index (χ2n) is 20.2. The number of cyclic esters (lactones) is 1. The predicted octanol–water partition coefficient (Wildman–Crippen LogP) is 6.96. The van der Waals surface area contributed by atoms with Gasteiger partial charge in [-0.3, -0.25) is 9.69 Å². The molecular weight excluding hydrogens is 757 g/mol. The number of esters is 1. The Kier molecular flexibility index (Phi) is 18.0. The number of likely N-dealkylation sites (N-methyl/N-ethyl adjacent to an activating group) is 1. The highest BCUT2D eigenvalue weighted by Gasteiger charge is 2.57. The molecule has 13 nitrogen and oxygen atoms in total. The third-order valence-corrected chi connectivity index (χ3v) is 16.1. The maximum Gasteiger partial charge on any atom is 0.311 e. The first-order valence-corrected chi connectivity index (χ1v) is 22.1. The number of rotatable bonds is 11. The minimum Gasteiger partial charge on any atom is -0.459 e. The van der Waals surface area contributed by atoms with Crippen LogP contribution in [0.25, 0.3) is 0 Å². The Balaban J connectivity index is 2.35. The lowest BCUT2D eigenvalue weighted by Gasteiger charge is -2.54. The predicted molar refractivity (Wildman–Crippen MR) is 230 cm³/mol. The molecule has 0 aromatic heterocycles. The summed E-state index contributed by atoms with van der Waals surface area (Å²) in [4.78, 5) is 19.4. The quantitative estimate of drug-likeness (QED) is 0.200. The monoisotopic (exact) mass is 845 g/mol. The van der Waals surface area contributed by atoms with Gasteiger partial charge >= 0.3 is 5.97 Å². The average Bonchev–Trinajstić information content (AvgIpc) is 3.18. The molecule has 13 heteroatoms. The van der Waals surface area contributed by atoms with E-state index in [1.165, 1.54) is 0 Å². The highest BCUT2D eigenvalue weighted by Crippen LogP contribution is 2.48. The standard InChI is InChI=1S/C46H88N2O11/c1-23-34-46(14,54-22)39(51-19)31(6)43(10,11)48(17)27(2)25-44(12,52-20)38(59-41-37(50-18)33(47(15)16)24-28(3)55-41)29(4)36(30(5)40(49)57-34)58-35-26-45(13,53-21)42(8,9)32(7)56-35/h27-39,41H,23-26H2,1-22H3/t27?,28?,29?,30?,31?,32?,33?,34-,35?,36?,37?,38?,39?,41?,44?,45?,46?/m1/s1. The topological polar surface area (TPSA) is 116 Å². The van der Waals surface area contributed by atoms with E-state index in [0.29, 0.717) is 19.3 Å². The number of nitrogens with zero attached hydrogens (tertiary/aromatic N) is 2. The van der Waals surface area contributed by atoms with Gasteiger partial charge in [0.15, 0.2) is 12.6 Å². The Labute approximate surface area is 359 Å². The van der Waals surface area contributed by atoms with Gasteiger partial charge in [0.1, 0.15) is 17.8 Å². The van der Waals surface area contributed by atoms with E-state index in [9.17, 15) is 4.79 Å². The van der Waals surface area contributed by atoms with Gasteiger partial charge in [0, 0.05) is 76.8 Å². The molecule has 3 saturated heterocycles. The summed E-state index contributed by atoms with van der Waals surface area (Å²) in [6.45, 7) is 29.5. The van der Waals surface area contributed by atoms with Crippen LogP contribution in [-0.2, 0) is 52.2 Å². The van der Waals surface area contributed by atoms with E-state index < -0.39 is 83.2 Å². The van der Waals surface area contributed by atoms with Crippen LogP contribution in [-0.4, -0.2) is 162 Å². The Morgan fingerprint density at radius 3 is 1.88 bits per heavy atom. The van der Waals surface area contributed by atoms with Crippen molar-refractivity contribution in [2.24, 2.45) is 23.2 Å². The summed E-state index contributed by atoms with van der Waals surface area (Å²) in [6, 6.07) is 0.0188. The zero-order chi connectivity index (χ0) is 45.2. The second-order valence-corrected chi connectivity index (χ2v) is 20.2. The van der Waals surface area contributed by atoms with E-state index in [0.717, 1.165) is 6.42 Å². The van der Waals surface area contributed by atoms with Gasteiger partial charge in [0.25, 0.3) is 0 Å². The van der Waals surface area contributed by atoms with Crippen LogP contribution in [0.4, 0.5) is 0 Å². The SMILES string of the molecule is CC[C@H]1OC(=O)C(C)C(OC2CC(C)(OC)C(C)(C)C(C)O2)C(C)C(OC2OC(C)CC(N(C)C)C2OC)C(C)(OC)CC(C)N(C)C(C)(C)C(C)C(OC)C1(C)OC. The molecule has 3 aliphatic rings. The Bertz CT molecular complexity index is 1340.